The van der Waals surface area contributed by atoms with Crippen molar-refractivity contribution in [2.24, 2.45) is 5.73 Å². The number of hydrogen-bond acceptors (Lipinski definition) is 6. The highest BCUT2D eigenvalue weighted by Crippen LogP contribution is 2.38. The maximum Gasteiger partial charge on any atom is 0.255 e. The summed E-state index contributed by atoms with van der Waals surface area (Å²) in [5.74, 6) is 0.987. The summed E-state index contributed by atoms with van der Waals surface area (Å²) in [5, 5.41) is 0. The van der Waals surface area contributed by atoms with Crippen LogP contribution >= 0.6 is 0 Å². The molecule has 0 aliphatic rings. The van der Waals surface area contributed by atoms with Crippen LogP contribution in [0, 0.1) is 0 Å². The van der Waals surface area contributed by atoms with Crippen LogP contribution in [0.15, 0.2) is 42.5 Å². The molecule has 7 heteroatoms. The molecular formula is C20H21NO6. The second-order valence-corrected chi connectivity index (χ2v) is 5.44. The number of amides is 1. The van der Waals surface area contributed by atoms with Gasteiger partial charge in [-0.25, -0.2) is 0 Å². The largest absolute Gasteiger partial charge is 0.493 e. The van der Waals surface area contributed by atoms with E-state index >= 15 is 0 Å². The Balaban J connectivity index is 2.15. The van der Waals surface area contributed by atoms with Crippen LogP contribution in [0.25, 0.3) is 6.08 Å². The van der Waals surface area contributed by atoms with Gasteiger partial charge in [-0.2, -0.15) is 0 Å². The van der Waals surface area contributed by atoms with Crippen LogP contribution in [0.1, 0.15) is 15.9 Å². The number of carbonyl (C=O) groups excluding carboxylic acids is 2. The van der Waals surface area contributed by atoms with Crippen molar-refractivity contribution in [3.63, 3.8) is 0 Å². The summed E-state index contributed by atoms with van der Waals surface area (Å²) in [5.41, 5.74) is 6.23. The molecule has 0 aromatic heterocycles. The second kappa shape index (κ2) is 9.28. The van der Waals surface area contributed by atoms with E-state index in [0.717, 1.165) is 5.56 Å². The molecule has 0 spiro atoms. The number of nitrogens with two attached hydrogens (primary N) is 1. The van der Waals surface area contributed by atoms with Crippen molar-refractivity contribution in [1.82, 2.24) is 0 Å². The van der Waals surface area contributed by atoms with Gasteiger partial charge >= 0.3 is 0 Å². The summed E-state index contributed by atoms with van der Waals surface area (Å²) in [4.78, 5) is 23.2. The Labute approximate surface area is 157 Å². The summed E-state index contributed by atoms with van der Waals surface area (Å²) in [6.07, 6.45) is 3.11. The van der Waals surface area contributed by atoms with Gasteiger partial charge in [0.05, 0.1) is 21.3 Å². The number of ketones is 1. The predicted octanol–water partition coefficient (Wildman–Crippen LogP) is 2.47. The van der Waals surface area contributed by atoms with Crippen LogP contribution < -0.4 is 24.7 Å². The Morgan fingerprint density at radius 2 is 1.56 bits per heavy atom. The van der Waals surface area contributed by atoms with Crippen LogP contribution in [0.3, 0.4) is 0 Å². The van der Waals surface area contributed by atoms with E-state index in [2.05, 4.69) is 0 Å². The Kier molecular flexibility index (Phi) is 6.82. The molecule has 27 heavy (non-hydrogen) atoms. The smallest absolute Gasteiger partial charge is 0.255 e. The summed E-state index contributed by atoms with van der Waals surface area (Å²) in [7, 11) is 4.48. The van der Waals surface area contributed by atoms with E-state index in [1.807, 2.05) is 0 Å². The van der Waals surface area contributed by atoms with E-state index in [1.165, 1.54) is 27.4 Å². The summed E-state index contributed by atoms with van der Waals surface area (Å²) >= 11 is 0. The second-order valence-electron chi connectivity index (χ2n) is 5.44. The SMILES string of the molecule is COc1cc(C(=O)C=Cc2ccc(OCC(N)=O)cc2)cc(OC)c1OC. The van der Waals surface area contributed by atoms with Gasteiger partial charge in [0.25, 0.3) is 5.91 Å². The zero-order valence-corrected chi connectivity index (χ0v) is 15.4. The first-order valence-electron chi connectivity index (χ1n) is 8.02. The average molecular weight is 371 g/mol. The average Bonchev–Trinajstić information content (AvgIpc) is 2.69. The number of allylic oxidation sites excluding steroid dienone is 1. The third-order valence-corrected chi connectivity index (χ3v) is 3.64. The van der Waals surface area contributed by atoms with Crippen LogP contribution in [0.5, 0.6) is 23.0 Å². The number of carbonyl (C=O) groups is 2. The first-order valence-corrected chi connectivity index (χ1v) is 8.02. The molecule has 7 nitrogen and oxygen atoms in total. The van der Waals surface area contributed by atoms with E-state index in [9.17, 15) is 9.59 Å². The van der Waals surface area contributed by atoms with Gasteiger partial charge < -0.3 is 24.7 Å². The van der Waals surface area contributed by atoms with Crippen molar-refractivity contribution in [3.8, 4) is 23.0 Å². The van der Waals surface area contributed by atoms with Crippen molar-refractivity contribution in [2.75, 3.05) is 27.9 Å². The summed E-state index contributed by atoms with van der Waals surface area (Å²) in [6, 6.07) is 10.1. The van der Waals surface area contributed by atoms with Crippen molar-refractivity contribution < 1.29 is 28.5 Å². The highest BCUT2D eigenvalue weighted by atomic mass is 16.5. The predicted molar refractivity (Wildman–Crippen MR) is 101 cm³/mol. The maximum absolute atomic E-state index is 12.5. The lowest BCUT2D eigenvalue weighted by atomic mass is 10.1. The van der Waals surface area contributed by atoms with Gasteiger partial charge in [-0.3, -0.25) is 9.59 Å². The quantitative estimate of drug-likeness (QED) is 0.537. The normalized spacial score (nSPS) is 10.5. The van der Waals surface area contributed by atoms with Gasteiger partial charge in [-0.05, 0) is 35.9 Å². The number of ether oxygens (including phenoxy) is 4. The van der Waals surface area contributed by atoms with Gasteiger partial charge in [0, 0.05) is 5.56 Å². The Hall–Kier alpha value is -3.48. The number of benzene rings is 2. The molecule has 2 N–H and O–H groups in total. The molecule has 0 aliphatic heterocycles. The lowest BCUT2D eigenvalue weighted by Gasteiger charge is -2.13. The summed E-state index contributed by atoms with van der Waals surface area (Å²) < 4.78 is 20.9. The minimum Gasteiger partial charge on any atom is -0.493 e. The van der Waals surface area contributed by atoms with Gasteiger partial charge in [0.15, 0.2) is 23.9 Å². The Bertz CT molecular complexity index is 817. The first-order chi connectivity index (χ1) is 13.0. The fourth-order valence-electron chi connectivity index (χ4n) is 2.32. The lowest BCUT2D eigenvalue weighted by molar-refractivity contribution is -0.119. The van der Waals surface area contributed by atoms with E-state index < -0.39 is 5.91 Å². The van der Waals surface area contributed by atoms with E-state index in [4.69, 9.17) is 24.7 Å². The molecule has 0 saturated heterocycles. The molecule has 0 aliphatic carbocycles. The van der Waals surface area contributed by atoms with E-state index in [0.29, 0.717) is 28.6 Å². The molecule has 142 valence electrons. The topological polar surface area (TPSA) is 97.1 Å². The zero-order valence-electron chi connectivity index (χ0n) is 15.4. The third-order valence-electron chi connectivity index (χ3n) is 3.64. The molecule has 2 aromatic carbocycles. The molecule has 2 aromatic rings. The lowest BCUT2D eigenvalue weighted by Crippen LogP contribution is -2.19. The zero-order chi connectivity index (χ0) is 19.8. The van der Waals surface area contributed by atoms with E-state index in [-0.39, 0.29) is 12.4 Å². The molecule has 2 rings (SSSR count). The van der Waals surface area contributed by atoms with Gasteiger partial charge in [0.2, 0.25) is 5.75 Å². The molecule has 0 unspecified atom stereocenters. The molecule has 0 radical (unpaired) electrons. The van der Waals surface area contributed by atoms with Crippen molar-refractivity contribution in [2.45, 2.75) is 0 Å². The van der Waals surface area contributed by atoms with Crippen LogP contribution in [0.4, 0.5) is 0 Å². The fourth-order valence-corrected chi connectivity index (χ4v) is 2.32. The van der Waals surface area contributed by atoms with Crippen LogP contribution in [-0.2, 0) is 4.79 Å². The van der Waals surface area contributed by atoms with E-state index in [1.54, 1.807) is 42.5 Å². The van der Waals surface area contributed by atoms with Gasteiger partial charge in [0.1, 0.15) is 5.75 Å². The standard InChI is InChI=1S/C20H21NO6/c1-24-17-10-14(11-18(25-2)20(17)26-3)16(22)9-6-13-4-7-15(8-5-13)27-12-19(21)23/h4-11H,12H2,1-3H3,(H2,21,23). The molecule has 0 heterocycles. The summed E-state index contributed by atoms with van der Waals surface area (Å²) in [6.45, 7) is -0.186. The number of methoxy groups -OCH3 is 3. The maximum atomic E-state index is 12.5. The highest BCUT2D eigenvalue weighted by Gasteiger charge is 2.15. The van der Waals surface area contributed by atoms with Gasteiger partial charge in [-0.1, -0.05) is 18.2 Å². The number of primary amides is 1. The highest BCUT2D eigenvalue weighted by molar-refractivity contribution is 6.07. The molecule has 0 atom stereocenters. The monoisotopic (exact) mass is 371 g/mol. The number of rotatable bonds is 9. The molecule has 0 bridgehead atoms. The Morgan fingerprint density at radius 3 is 2.04 bits per heavy atom. The molecule has 0 saturated carbocycles. The van der Waals surface area contributed by atoms with Crippen molar-refractivity contribution >= 4 is 17.8 Å². The minimum absolute atomic E-state index is 0.186. The first kappa shape index (κ1) is 19.8. The molecular weight excluding hydrogens is 350 g/mol. The fraction of sp³-hybridized carbons (Fsp3) is 0.200. The van der Waals surface area contributed by atoms with Crippen LogP contribution in [0.2, 0.25) is 0 Å². The minimum atomic E-state index is -0.546. The molecule has 0 fully saturated rings. The van der Waals surface area contributed by atoms with Crippen LogP contribution in [-0.4, -0.2) is 39.6 Å². The van der Waals surface area contributed by atoms with Crippen molar-refractivity contribution in [1.29, 1.82) is 0 Å². The Morgan fingerprint density at radius 1 is 0.963 bits per heavy atom. The third kappa shape index (κ3) is 5.24. The number of hydrogen-bond donors (Lipinski definition) is 1. The molecule has 1 amide bonds. The van der Waals surface area contributed by atoms with Crippen molar-refractivity contribution in [3.05, 3.63) is 53.6 Å². The van der Waals surface area contributed by atoms with Gasteiger partial charge in [-0.15, -0.1) is 0 Å².